The van der Waals surface area contributed by atoms with Crippen LogP contribution < -0.4 is 5.73 Å². The fourth-order valence-corrected chi connectivity index (χ4v) is 1.95. The number of nitrogens with two attached hydrogens (primary N) is 1. The van der Waals surface area contributed by atoms with Crippen LogP contribution in [0.1, 0.15) is 0 Å². The molecule has 1 aliphatic rings. The van der Waals surface area contributed by atoms with E-state index < -0.39 is 44.8 Å². The van der Waals surface area contributed by atoms with Gasteiger partial charge in [-0.15, -0.1) is 0 Å². The van der Waals surface area contributed by atoms with Gasteiger partial charge < -0.3 is 30.5 Å². The van der Waals surface area contributed by atoms with Crippen LogP contribution >= 0.6 is 7.82 Å². The Morgan fingerprint density at radius 2 is 2.06 bits per heavy atom. The molecule has 1 aliphatic heterocycles. The van der Waals surface area contributed by atoms with Gasteiger partial charge in [0.15, 0.2) is 6.10 Å². The van der Waals surface area contributed by atoms with Gasteiger partial charge in [-0.2, -0.15) is 0 Å². The largest absolute Gasteiger partial charge is 0.470 e. The quantitative estimate of drug-likeness (QED) is 0.334. The first-order valence-corrected chi connectivity index (χ1v) is 5.77. The Morgan fingerprint density at radius 1 is 1.50 bits per heavy atom. The van der Waals surface area contributed by atoms with Crippen LogP contribution in [0.25, 0.3) is 0 Å². The molecule has 0 spiro atoms. The number of aliphatic hydroxyl groups excluding tert-OH is 2. The van der Waals surface area contributed by atoms with E-state index in [1.807, 2.05) is 0 Å². The van der Waals surface area contributed by atoms with Crippen molar-refractivity contribution in [1.82, 2.24) is 0 Å². The van der Waals surface area contributed by atoms with E-state index in [2.05, 4.69) is 4.52 Å². The molecule has 0 saturated carbocycles. The fraction of sp³-hybridized carbons (Fsp3) is 0.833. The highest BCUT2D eigenvalue weighted by atomic mass is 31.2. The van der Waals surface area contributed by atoms with E-state index in [0.717, 1.165) is 0 Å². The summed E-state index contributed by atoms with van der Waals surface area (Å²) in [4.78, 5) is 28.0. The van der Waals surface area contributed by atoms with Gasteiger partial charge in [0, 0.05) is 0 Å². The minimum atomic E-state index is -4.90. The van der Waals surface area contributed by atoms with Crippen LogP contribution in [0.4, 0.5) is 0 Å². The van der Waals surface area contributed by atoms with Crippen LogP contribution in [0.15, 0.2) is 0 Å². The second-order valence-corrected chi connectivity index (χ2v) is 4.42. The number of phosphoric ester groups is 1. The molecule has 10 heteroatoms. The molecule has 6 N–H and O–H groups in total. The second-order valence-electron chi connectivity index (χ2n) is 3.23. The lowest BCUT2D eigenvalue weighted by molar-refractivity contribution is -0.132. The summed E-state index contributed by atoms with van der Waals surface area (Å²) < 4.78 is 19.6. The van der Waals surface area contributed by atoms with Gasteiger partial charge in [0.05, 0.1) is 6.61 Å². The Bertz CT molecular complexity index is 316. The van der Waals surface area contributed by atoms with Gasteiger partial charge in [-0.25, -0.2) is 4.57 Å². The maximum absolute atomic E-state index is 10.9. The molecule has 0 aromatic heterocycles. The number of phosphoric acid groups is 1. The van der Waals surface area contributed by atoms with Gasteiger partial charge in [-0.05, 0) is 0 Å². The third-order valence-electron chi connectivity index (χ3n) is 2.06. The lowest BCUT2D eigenvalue weighted by Crippen LogP contribution is -2.41. The molecular formula is C6H12NO8P. The van der Waals surface area contributed by atoms with Crippen molar-refractivity contribution < 1.29 is 38.6 Å². The number of primary amides is 1. The predicted octanol–water partition coefficient (Wildman–Crippen LogP) is -2.93. The van der Waals surface area contributed by atoms with E-state index in [1.165, 1.54) is 0 Å². The molecule has 1 saturated heterocycles. The van der Waals surface area contributed by atoms with E-state index in [9.17, 15) is 14.5 Å². The summed E-state index contributed by atoms with van der Waals surface area (Å²) in [6.07, 6.45) is -5.83. The van der Waals surface area contributed by atoms with Crippen molar-refractivity contribution in [3.63, 3.8) is 0 Å². The first kappa shape index (κ1) is 13.5. The molecule has 0 radical (unpaired) electrons. The molecule has 1 unspecified atom stereocenters. The predicted molar refractivity (Wildman–Crippen MR) is 47.9 cm³/mol. The molecular weight excluding hydrogens is 245 g/mol. The number of carbonyl (C=O) groups excluding carboxylic acids is 1. The molecule has 0 aromatic rings. The Hall–Kier alpha value is -0.540. The Kier molecular flexibility index (Phi) is 4.02. The van der Waals surface area contributed by atoms with E-state index >= 15 is 0 Å². The highest BCUT2D eigenvalue weighted by Gasteiger charge is 2.49. The summed E-state index contributed by atoms with van der Waals surface area (Å²) in [6, 6.07) is 0. The normalized spacial score (nSPS) is 35.2. The first-order chi connectivity index (χ1) is 7.26. The summed E-state index contributed by atoms with van der Waals surface area (Å²) in [5.41, 5.74) is 4.90. The molecule has 0 bridgehead atoms. The monoisotopic (exact) mass is 257 g/mol. The summed E-state index contributed by atoms with van der Waals surface area (Å²) in [7, 11) is -4.90. The third kappa shape index (κ3) is 2.98. The Morgan fingerprint density at radius 3 is 2.44 bits per heavy atom. The second kappa shape index (κ2) is 4.76. The third-order valence-corrected chi connectivity index (χ3v) is 2.57. The lowest BCUT2D eigenvalue weighted by Gasteiger charge is -2.18. The number of aliphatic hydroxyl groups is 2. The number of ether oxygens (including phenoxy) is 1. The lowest BCUT2D eigenvalue weighted by atomic mass is 10.1. The van der Waals surface area contributed by atoms with Crippen molar-refractivity contribution in [2.24, 2.45) is 5.73 Å². The zero-order valence-corrected chi connectivity index (χ0v) is 8.86. The molecule has 1 amide bonds. The molecule has 1 heterocycles. The number of rotatable bonds is 4. The first-order valence-electron chi connectivity index (χ1n) is 4.24. The van der Waals surface area contributed by atoms with Crippen molar-refractivity contribution in [3.8, 4) is 0 Å². The van der Waals surface area contributed by atoms with Crippen molar-refractivity contribution in [1.29, 1.82) is 0 Å². The van der Waals surface area contributed by atoms with Crippen LogP contribution in [0, 0.1) is 0 Å². The van der Waals surface area contributed by atoms with Crippen molar-refractivity contribution in [3.05, 3.63) is 0 Å². The summed E-state index contributed by atoms with van der Waals surface area (Å²) >= 11 is 0. The summed E-state index contributed by atoms with van der Waals surface area (Å²) in [6.45, 7) is -0.633. The van der Waals surface area contributed by atoms with Crippen molar-refractivity contribution in [2.45, 2.75) is 24.4 Å². The van der Waals surface area contributed by atoms with E-state index in [1.54, 1.807) is 0 Å². The number of hydrogen-bond acceptors (Lipinski definition) is 6. The van der Waals surface area contributed by atoms with Crippen LogP contribution in [0.3, 0.4) is 0 Å². The van der Waals surface area contributed by atoms with Crippen LogP contribution in [0.5, 0.6) is 0 Å². The van der Waals surface area contributed by atoms with Gasteiger partial charge in [0.2, 0.25) is 5.91 Å². The molecule has 1 rings (SSSR count). The molecule has 4 atom stereocenters. The number of amides is 1. The molecule has 16 heavy (non-hydrogen) atoms. The average Bonchev–Trinajstić information content (AvgIpc) is 2.42. The van der Waals surface area contributed by atoms with Gasteiger partial charge in [0.25, 0.3) is 0 Å². The Labute approximate surface area is 90.0 Å². The van der Waals surface area contributed by atoms with Gasteiger partial charge >= 0.3 is 7.82 Å². The molecule has 1 fully saturated rings. The highest BCUT2D eigenvalue weighted by Crippen LogP contribution is 2.41. The van der Waals surface area contributed by atoms with Gasteiger partial charge in [-0.1, -0.05) is 0 Å². The minimum absolute atomic E-state index is 0.633. The maximum atomic E-state index is 10.9. The molecule has 0 aromatic carbocycles. The van der Waals surface area contributed by atoms with Gasteiger partial charge in [0.1, 0.15) is 18.3 Å². The zero-order valence-electron chi connectivity index (χ0n) is 7.96. The maximum Gasteiger partial charge on any atom is 0.470 e. The minimum Gasteiger partial charge on any atom is -0.394 e. The summed E-state index contributed by atoms with van der Waals surface area (Å²) in [5, 5.41) is 18.2. The molecule has 9 nitrogen and oxygen atoms in total. The van der Waals surface area contributed by atoms with Crippen LogP contribution in [-0.2, 0) is 18.6 Å². The average molecular weight is 257 g/mol. The number of hydrogen-bond donors (Lipinski definition) is 5. The van der Waals surface area contributed by atoms with Crippen LogP contribution in [-0.4, -0.2) is 56.9 Å². The standard InChI is InChI=1S/C6H12NO8P/c7-6(10)5-4(15-16(11,12)13)3(9)2(1-8)14-5/h2-5,8-9H,1H2,(H2,7,10)(H2,11,12,13)/t2-,3-,4-,5?/m1/s1. The van der Waals surface area contributed by atoms with Crippen LogP contribution in [0.2, 0.25) is 0 Å². The topological polar surface area (TPSA) is 160 Å². The van der Waals surface area contributed by atoms with Crippen molar-refractivity contribution in [2.75, 3.05) is 6.61 Å². The van der Waals surface area contributed by atoms with E-state index in [-0.39, 0.29) is 0 Å². The SMILES string of the molecule is NC(=O)C1O[C@H](CO)[C@@H](O)[C@H]1OP(=O)(O)O. The van der Waals surface area contributed by atoms with Gasteiger partial charge in [-0.3, -0.25) is 9.32 Å². The van der Waals surface area contributed by atoms with E-state index in [4.69, 9.17) is 25.4 Å². The number of carbonyl (C=O) groups is 1. The smallest absolute Gasteiger partial charge is 0.394 e. The highest BCUT2D eigenvalue weighted by molar-refractivity contribution is 7.46. The molecule has 0 aliphatic carbocycles. The van der Waals surface area contributed by atoms with E-state index in [0.29, 0.717) is 0 Å². The zero-order chi connectivity index (χ0) is 12.5. The Balaban J connectivity index is 2.85. The van der Waals surface area contributed by atoms with Crippen molar-refractivity contribution >= 4 is 13.7 Å². The molecule has 94 valence electrons. The fourth-order valence-electron chi connectivity index (χ4n) is 1.39. The summed E-state index contributed by atoms with van der Waals surface area (Å²) in [5.74, 6) is -1.05.